The summed E-state index contributed by atoms with van der Waals surface area (Å²) in [5.41, 5.74) is 1.30. The lowest BCUT2D eigenvalue weighted by molar-refractivity contribution is 0.233. The molecule has 84 valence electrons. The van der Waals surface area contributed by atoms with Crippen molar-refractivity contribution >= 4 is 11.6 Å². The smallest absolute Gasteiger partial charge is 0.0492 e. The molecule has 0 bridgehead atoms. The molecule has 1 aromatic heterocycles. The van der Waals surface area contributed by atoms with Crippen LogP contribution < -0.4 is 0 Å². The Morgan fingerprint density at radius 3 is 3.13 bits per heavy atom. The Kier molecular flexibility index (Phi) is 3.65. The molecule has 1 unspecified atom stereocenters. The Labute approximate surface area is 96.0 Å². The number of aromatic nitrogens is 2. The van der Waals surface area contributed by atoms with Crippen molar-refractivity contribution in [3.63, 3.8) is 0 Å². The average Bonchev–Trinajstić information content (AvgIpc) is 2.61. The van der Waals surface area contributed by atoms with Gasteiger partial charge in [0.05, 0.1) is 0 Å². The molecule has 2 rings (SSSR count). The van der Waals surface area contributed by atoms with Gasteiger partial charge in [0.2, 0.25) is 0 Å². The van der Waals surface area contributed by atoms with Gasteiger partial charge in [-0.2, -0.15) is 5.10 Å². The summed E-state index contributed by atoms with van der Waals surface area (Å²) in [6.07, 6.45) is 5.33. The van der Waals surface area contributed by atoms with Gasteiger partial charge in [-0.15, -0.1) is 11.6 Å². The van der Waals surface area contributed by atoms with Crippen molar-refractivity contribution in [1.82, 2.24) is 14.7 Å². The fraction of sp³-hybridized carbons (Fsp3) is 0.727. The van der Waals surface area contributed by atoms with Crippen molar-refractivity contribution in [3.05, 3.63) is 18.0 Å². The maximum absolute atomic E-state index is 6.14. The third kappa shape index (κ3) is 2.95. The Hall–Kier alpha value is -0.540. The maximum Gasteiger partial charge on any atom is 0.0492 e. The standard InChI is InChI=1S/C11H18ClN3/c1-14-11(4-6-13-14)5-8-15-7-2-3-10(12)9-15/h4,6,10H,2-3,5,7-9H2,1H3. The zero-order chi connectivity index (χ0) is 10.7. The molecule has 1 fully saturated rings. The van der Waals surface area contributed by atoms with Crippen LogP contribution >= 0.6 is 11.6 Å². The highest BCUT2D eigenvalue weighted by atomic mass is 35.5. The van der Waals surface area contributed by atoms with Crippen LogP contribution in [0.25, 0.3) is 0 Å². The largest absolute Gasteiger partial charge is 0.301 e. The quantitative estimate of drug-likeness (QED) is 0.733. The highest BCUT2D eigenvalue weighted by Gasteiger charge is 2.17. The minimum Gasteiger partial charge on any atom is -0.301 e. The number of hydrogen-bond donors (Lipinski definition) is 0. The fourth-order valence-electron chi connectivity index (χ4n) is 2.12. The zero-order valence-electron chi connectivity index (χ0n) is 9.19. The van der Waals surface area contributed by atoms with Gasteiger partial charge in [0.25, 0.3) is 0 Å². The topological polar surface area (TPSA) is 21.1 Å². The van der Waals surface area contributed by atoms with E-state index in [1.54, 1.807) is 0 Å². The monoisotopic (exact) mass is 227 g/mol. The molecule has 1 aromatic rings. The summed E-state index contributed by atoms with van der Waals surface area (Å²) in [5, 5.41) is 4.52. The fourth-order valence-corrected chi connectivity index (χ4v) is 2.47. The summed E-state index contributed by atoms with van der Waals surface area (Å²) in [5.74, 6) is 0. The lowest BCUT2D eigenvalue weighted by Crippen LogP contribution is -2.37. The van der Waals surface area contributed by atoms with Crippen molar-refractivity contribution in [1.29, 1.82) is 0 Å². The molecule has 0 spiro atoms. The molecular weight excluding hydrogens is 210 g/mol. The van der Waals surface area contributed by atoms with Crippen LogP contribution in [0.15, 0.2) is 12.3 Å². The van der Waals surface area contributed by atoms with Crippen molar-refractivity contribution in [2.75, 3.05) is 19.6 Å². The number of alkyl halides is 1. The molecule has 1 aliphatic rings. The summed E-state index contributed by atoms with van der Waals surface area (Å²) >= 11 is 6.14. The lowest BCUT2D eigenvalue weighted by Gasteiger charge is -2.29. The van der Waals surface area contributed by atoms with E-state index in [9.17, 15) is 0 Å². The number of rotatable bonds is 3. The van der Waals surface area contributed by atoms with Gasteiger partial charge >= 0.3 is 0 Å². The number of nitrogens with zero attached hydrogens (tertiary/aromatic N) is 3. The SMILES string of the molecule is Cn1nccc1CCN1CCCC(Cl)C1. The van der Waals surface area contributed by atoms with E-state index in [4.69, 9.17) is 11.6 Å². The van der Waals surface area contributed by atoms with Crippen molar-refractivity contribution < 1.29 is 0 Å². The summed E-state index contributed by atoms with van der Waals surface area (Å²) in [6, 6.07) is 2.09. The number of aryl methyl sites for hydroxylation is 1. The first-order valence-electron chi connectivity index (χ1n) is 5.59. The highest BCUT2D eigenvalue weighted by molar-refractivity contribution is 6.20. The van der Waals surface area contributed by atoms with Gasteiger partial charge < -0.3 is 4.90 Å². The molecule has 0 aromatic carbocycles. The molecule has 1 saturated heterocycles. The summed E-state index contributed by atoms with van der Waals surface area (Å²) in [4.78, 5) is 2.45. The van der Waals surface area contributed by atoms with E-state index in [2.05, 4.69) is 16.1 Å². The highest BCUT2D eigenvalue weighted by Crippen LogP contribution is 2.15. The molecule has 0 aliphatic carbocycles. The van der Waals surface area contributed by atoms with Crippen LogP contribution in [0.2, 0.25) is 0 Å². The van der Waals surface area contributed by atoms with Crippen molar-refractivity contribution in [2.24, 2.45) is 7.05 Å². The first-order chi connectivity index (χ1) is 7.25. The first-order valence-corrected chi connectivity index (χ1v) is 6.02. The molecule has 15 heavy (non-hydrogen) atoms. The Bertz CT molecular complexity index is 311. The normalized spacial score (nSPS) is 23.2. The van der Waals surface area contributed by atoms with E-state index in [-0.39, 0.29) is 0 Å². The predicted molar refractivity (Wildman–Crippen MR) is 62.2 cm³/mol. The second-order valence-corrected chi connectivity index (χ2v) is 4.85. The van der Waals surface area contributed by atoms with Gasteiger partial charge in [-0.1, -0.05) is 0 Å². The van der Waals surface area contributed by atoms with Crippen LogP contribution in [0.3, 0.4) is 0 Å². The predicted octanol–water partition coefficient (Wildman–Crippen LogP) is 1.67. The van der Waals surface area contributed by atoms with Gasteiger partial charge in [-0.05, 0) is 25.5 Å². The molecule has 0 radical (unpaired) electrons. The molecule has 1 atom stereocenters. The van der Waals surface area contributed by atoms with Gasteiger partial charge in [0, 0.05) is 43.8 Å². The molecule has 1 aliphatic heterocycles. The van der Waals surface area contributed by atoms with Crippen LogP contribution in [-0.4, -0.2) is 39.7 Å². The van der Waals surface area contributed by atoms with Crippen LogP contribution in [0.4, 0.5) is 0 Å². The molecule has 0 N–H and O–H groups in total. The zero-order valence-corrected chi connectivity index (χ0v) is 9.95. The molecule has 0 amide bonds. The van der Waals surface area contributed by atoms with E-state index in [0.717, 1.165) is 19.5 Å². The summed E-state index contributed by atoms with van der Waals surface area (Å²) in [6.45, 7) is 3.34. The van der Waals surface area contributed by atoms with E-state index < -0.39 is 0 Å². The lowest BCUT2D eigenvalue weighted by atomic mass is 10.1. The molecule has 4 heteroatoms. The Balaban J connectivity index is 1.80. The van der Waals surface area contributed by atoms with Crippen LogP contribution in [0.1, 0.15) is 18.5 Å². The molecular formula is C11H18ClN3. The van der Waals surface area contributed by atoms with Gasteiger partial charge in [0.1, 0.15) is 0 Å². The number of hydrogen-bond acceptors (Lipinski definition) is 2. The summed E-state index contributed by atoms with van der Waals surface area (Å²) in [7, 11) is 2.00. The Morgan fingerprint density at radius 1 is 1.60 bits per heavy atom. The third-order valence-corrected chi connectivity index (χ3v) is 3.41. The molecule has 0 saturated carbocycles. The average molecular weight is 228 g/mol. The Morgan fingerprint density at radius 2 is 2.47 bits per heavy atom. The minimum atomic E-state index is 0.352. The minimum absolute atomic E-state index is 0.352. The van der Waals surface area contributed by atoms with Gasteiger partial charge in [-0.3, -0.25) is 4.68 Å². The van der Waals surface area contributed by atoms with E-state index in [1.165, 1.54) is 25.1 Å². The van der Waals surface area contributed by atoms with E-state index >= 15 is 0 Å². The van der Waals surface area contributed by atoms with E-state index in [1.807, 2.05) is 17.9 Å². The number of halogens is 1. The second-order valence-electron chi connectivity index (χ2n) is 4.24. The van der Waals surface area contributed by atoms with Crippen LogP contribution in [0, 0.1) is 0 Å². The van der Waals surface area contributed by atoms with Crippen LogP contribution in [0.5, 0.6) is 0 Å². The molecule has 2 heterocycles. The van der Waals surface area contributed by atoms with Gasteiger partial charge in [0.15, 0.2) is 0 Å². The van der Waals surface area contributed by atoms with Gasteiger partial charge in [-0.25, -0.2) is 0 Å². The maximum atomic E-state index is 6.14. The van der Waals surface area contributed by atoms with Crippen molar-refractivity contribution in [3.8, 4) is 0 Å². The first kappa shape index (κ1) is 11.0. The third-order valence-electron chi connectivity index (χ3n) is 3.05. The molecule has 3 nitrogen and oxygen atoms in total. The summed E-state index contributed by atoms with van der Waals surface area (Å²) < 4.78 is 1.95. The van der Waals surface area contributed by atoms with E-state index in [0.29, 0.717) is 5.38 Å². The number of likely N-dealkylation sites (tertiary alicyclic amines) is 1. The number of piperidine rings is 1. The second kappa shape index (κ2) is 4.99. The van der Waals surface area contributed by atoms with Crippen molar-refractivity contribution in [2.45, 2.75) is 24.6 Å². The van der Waals surface area contributed by atoms with Crippen LogP contribution in [-0.2, 0) is 13.5 Å².